The molecule has 2 rings (SSSR count). The van der Waals surface area contributed by atoms with Gasteiger partial charge in [0, 0.05) is 0 Å². The van der Waals surface area contributed by atoms with Crippen LogP contribution < -0.4 is 9.47 Å². The molecule has 0 amide bonds. The molecule has 2 nitrogen and oxygen atoms in total. The summed E-state index contributed by atoms with van der Waals surface area (Å²) in [5.41, 5.74) is 2.15. The predicted octanol–water partition coefficient (Wildman–Crippen LogP) is 3.47. The Labute approximate surface area is 125 Å². The zero-order valence-electron chi connectivity index (χ0n) is 12.1. The summed E-state index contributed by atoms with van der Waals surface area (Å²) in [5.74, 6) is 9.76. The Morgan fingerprint density at radius 2 is 1.24 bits per heavy atom. The highest BCUT2D eigenvalue weighted by molar-refractivity contribution is 5.45. The number of hydrogen-bond donors (Lipinski definition) is 0. The molecule has 0 aliphatic heterocycles. The van der Waals surface area contributed by atoms with Crippen molar-refractivity contribution in [1.29, 1.82) is 0 Å². The molecule has 0 atom stereocenters. The fraction of sp³-hybridized carbons (Fsp3) is 0.158. The minimum Gasteiger partial charge on any atom is -0.497 e. The summed E-state index contributed by atoms with van der Waals surface area (Å²) in [6.07, 6.45) is 5.26. The number of benzene rings is 2. The Hall–Kier alpha value is -2.84. The third kappa shape index (κ3) is 3.59. The SMILES string of the molecule is C#CC#CC(c1ccc(OC)cc1)c1ccc(OC)cc1. The van der Waals surface area contributed by atoms with Gasteiger partial charge in [0.05, 0.1) is 20.1 Å². The van der Waals surface area contributed by atoms with Crippen molar-refractivity contribution >= 4 is 0 Å². The molecule has 0 fully saturated rings. The first kappa shape index (κ1) is 14.6. The molecule has 0 unspecified atom stereocenters. The normalized spacial score (nSPS) is 9.43. The van der Waals surface area contributed by atoms with Gasteiger partial charge >= 0.3 is 0 Å². The molecule has 0 N–H and O–H groups in total. The van der Waals surface area contributed by atoms with E-state index in [-0.39, 0.29) is 5.92 Å². The summed E-state index contributed by atoms with van der Waals surface area (Å²) in [6.45, 7) is 0. The Morgan fingerprint density at radius 3 is 1.57 bits per heavy atom. The molecule has 0 saturated heterocycles. The third-order valence-corrected chi connectivity index (χ3v) is 3.19. The quantitative estimate of drug-likeness (QED) is 0.796. The molecule has 0 bridgehead atoms. The second kappa shape index (κ2) is 7.08. The molecule has 0 saturated carbocycles. The molecular formula is C19H16O2. The van der Waals surface area contributed by atoms with Gasteiger partial charge in [-0.15, -0.1) is 6.42 Å². The second-order valence-electron chi connectivity index (χ2n) is 4.39. The third-order valence-electron chi connectivity index (χ3n) is 3.19. The summed E-state index contributed by atoms with van der Waals surface area (Å²) in [6, 6.07) is 15.7. The van der Waals surface area contributed by atoms with Gasteiger partial charge in [-0.1, -0.05) is 30.2 Å². The standard InChI is InChI=1S/C19H16O2/c1-4-5-6-19(15-7-11-17(20-2)12-8-15)16-9-13-18(21-3)14-10-16/h1,7-14,19H,2-3H3. The first-order chi connectivity index (χ1) is 10.3. The van der Waals surface area contributed by atoms with Gasteiger partial charge < -0.3 is 9.47 Å². The highest BCUT2D eigenvalue weighted by atomic mass is 16.5. The molecule has 21 heavy (non-hydrogen) atoms. The topological polar surface area (TPSA) is 18.5 Å². The molecule has 2 aromatic carbocycles. The average molecular weight is 276 g/mol. The van der Waals surface area contributed by atoms with Gasteiger partial charge in [-0.3, -0.25) is 0 Å². The average Bonchev–Trinajstić information content (AvgIpc) is 2.56. The van der Waals surface area contributed by atoms with Crippen molar-refractivity contribution < 1.29 is 9.47 Å². The van der Waals surface area contributed by atoms with Crippen molar-refractivity contribution in [2.75, 3.05) is 14.2 Å². The van der Waals surface area contributed by atoms with Gasteiger partial charge in [-0.25, -0.2) is 0 Å². The van der Waals surface area contributed by atoms with Crippen LogP contribution in [0.5, 0.6) is 11.5 Å². The van der Waals surface area contributed by atoms with Crippen LogP contribution in [0.15, 0.2) is 48.5 Å². The molecule has 2 aromatic rings. The van der Waals surface area contributed by atoms with E-state index in [0.717, 1.165) is 22.6 Å². The van der Waals surface area contributed by atoms with Crippen LogP contribution >= 0.6 is 0 Å². The van der Waals surface area contributed by atoms with E-state index < -0.39 is 0 Å². The zero-order valence-corrected chi connectivity index (χ0v) is 12.1. The molecule has 0 heterocycles. The molecule has 0 aliphatic carbocycles. The molecule has 0 radical (unpaired) electrons. The van der Waals surface area contributed by atoms with E-state index >= 15 is 0 Å². The van der Waals surface area contributed by atoms with Crippen LogP contribution in [0.2, 0.25) is 0 Å². The number of ether oxygens (including phenoxy) is 2. The molecule has 0 aliphatic rings. The molecule has 0 aromatic heterocycles. The second-order valence-corrected chi connectivity index (χ2v) is 4.39. The maximum Gasteiger partial charge on any atom is 0.118 e. The Bertz CT molecular complexity index is 632. The molecule has 0 spiro atoms. The lowest BCUT2D eigenvalue weighted by Crippen LogP contribution is -1.99. The fourth-order valence-electron chi connectivity index (χ4n) is 2.07. The molecular weight excluding hydrogens is 260 g/mol. The predicted molar refractivity (Wildman–Crippen MR) is 84.4 cm³/mol. The van der Waals surface area contributed by atoms with Crippen LogP contribution in [0.4, 0.5) is 0 Å². The zero-order chi connectivity index (χ0) is 15.1. The highest BCUT2D eigenvalue weighted by Crippen LogP contribution is 2.27. The van der Waals surface area contributed by atoms with Crippen molar-refractivity contribution in [2.24, 2.45) is 0 Å². The van der Waals surface area contributed by atoms with Crippen molar-refractivity contribution in [3.63, 3.8) is 0 Å². The van der Waals surface area contributed by atoms with Gasteiger partial charge in [0.25, 0.3) is 0 Å². The number of methoxy groups -OCH3 is 2. The van der Waals surface area contributed by atoms with Gasteiger partial charge in [0.1, 0.15) is 11.5 Å². The molecule has 104 valence electrons. The first-order valence-corrected chi connectivity index (χ1v) is 6.52. The lowest BCUT2D eigenvalue weighted by atomic mass is 9.91. The van der Waals surface area contributed by atoms with Crippen LogP contribution in [0.3, 0.4) is 0 Å². The van der Waals surface area contributed by atoms with Crippen LogP contribution in [0, 0.1) is 24.2 Å². The van der Waals surface area contributed by atoms with Crippen LogP contribution in [0.1, 0.15) is 17.0 Å². The van der Waals surface area contributed by atoms with E-state index in [1.807, 2.05) is 48.5 Å². The monoisotopic (exact) mass is 276 g/mol. The van der Waals surface area contributed by atoms with Gasteiger partial charge in [0.15, 0.2) is 0 Å². The number of terminal acetylenes is 1. The first-order valence-electron chi connectivity index (χ1n) is 6.52. The lowest BCUT2D eigenvalue weighted by Gasteiger charge is -2.13. The Balaban J connectivity index is 2.39. The van der Waals surface area contributed by atoms with Crippen LogP contribution in [0.25, 0.3) is 0 Å². The van der Waals surface area contributed by atoms with Crippen molar-refractivity contribution in [1.82, 2.24) is 0 Å². The summed E-state index contributed by atoms with van der Waals surface area (Å²) >= 11 is 0. The Kier molecular flexibility index (Phi) is 4.91. The minimum atomic E-state index is -0.0714. The van der Waals surface area contributed by atoms with E-state index in [1.54, 1.807) is 14.2 Å². The summed E-state index contributed by atoms with van der Waals surface area (Å²) in [7, 11) is 3.29. The van der Waals surface area contributed by atoms with Crippen molar-refractivity contribution in [3.05, 3.63) is 59.7 Å². The van der Waals surface area contributed by atoms with Crippen LogP contribution in [-0.2, 0) is 0 Å². The van der Waals surface area contributed by atoms with E-state index in [1.165, 1.54) is 0 Å². The number of rotatable bonds is 4. The minimum absolute atomic E-state index is 0.0714. The smallest absolute Gasteiger partial charge is 0.118 e. The van der Waals surface area contributed by atoms with Gasteiger partial charge in [-0.05, 0) is 47.2 Å². The maximum atomic E-state index is 5.26. The van der Waals surface area contributed by atoms with Crippen molar-refractivity contribution in [2.45, 2.75) is 5.92 Å². The van der Waals surface area contributed by atoms with E-state index in [4.69, 9.17) is 15.9 Å². The van der Waals surface area contributed by atoms with Gasteiger partial charge in [-0.2, -0.15) is 0 Å². The fourth-order valence-corrected chi connectivity index (χ4v) is 2.07. The summed E-state index contributed by atoms with van der Waals surface area (Å²) in [4.78, 5) is 0. The Morgan fingerprint density at radius 1 is 0.810 bits per heavy atom. The summed E-state index contributed by atoms with van der Waals surface area (Å²) < 4.78 is 10.4. The van der Waals surface area contributed by atoms with Crippen LogP contribution in [-0.4, -0.2) is 14.2 Å². The van der Waals surface area contributed by atoms with Crippen molar-refractivity contribution in [3.8, 4) is 35.7 Å². The highest BCUT2D eigenvalue weighted by Gasteiger charge is 2.11. The largest absolute Gasteiger partial charge is 0.497 e. The van der Waals surface area contributed by atoms with E-state index in [2.05, 4.69) is 17.8 Å². The lowest BCUT2D eigenvalue weighted by molar-refractivity contribution is 0.414. The van der Waals surface area contributed by atoms with Gasteiger partial charge in [0.2, 0.25) is 0 Å². The maximum absolute atomic E-state index is 5.26. The molecule has 2 heteroatoms. The van der Waals surface area contributed by atoms with E-state index in [0.29, 0.717) is 0 Å². The van der Waals surface area contributed by atoms with E-state index in [9.17, 15) is 0 Å². The summed E-state index contributed by atoms with van der Waals surface area (Å²) in [5, 5.41) is 0. The number of hydrogen-bond acceptors (Lipinski definition) is 2.